The van der Waals surface area contributed by atoms with E-state index < -0.39 is 15.7 Å². The standard InChI is InChI=1S/C18H14ClNO4S/c1-12-7-8-13(19)11-15(12)20-18(21)16-9-10-17(24-16)25(22,23)14-5-3-2-4-6-14/h2-11H,1H3,(H,20,21). The largest absolute Gasteiger partial charge is 0.439 e. The number of carbonyl (C=O) groups is 1. The Labute approximate surface area is 150 Å². The lowest BCUT2D eigenvalue weighted by Crippen LogP contribution is -2.12. The molecule has 0 aliphatic heterocycles. The topological polar surface area (TPSA) is 76.4 Å². The summed E-state index contributed by atoms with van der Waals surface area (Å²) in [5, 5.41) is 2.85. The van der Waals surface area contributed by atoms with Crippen molar-refractivity contribution in [1.82, 2.24) is 0 Å². The first kappa shape index (κ1) is 17.3. The molecule has 3 rings (SSSR count). The summed E-state index contributed by atoms with van der Waals surface area (Å²) in [7, 11) is -3.81. The van der Waals surface area contributed by atoms with Gasteiger partial charge < -0.3 is 9.73 Å². The van der Waals surface area contributed by atoms with E-state index in [4.69, 9.17) is 16.0 Å². The third kappa shape index (κ3) is 3.60. The smallest absolute Gasteiger partial charge is 0.291 e. The van der Waals surface area contributed by atoms with E-state index in [-0.39, 0.29) is 15.7 Å². The Morgan fingerprint density at radius 2 is 1.76 bits per heavy atom. The van der Waals surface area contributed by atoms with Gasteiger partial charge in [-0.15, -0.1) is 0 Å². The van der Waals surface area contributed by atoms with Gasteiger partial charge >= 0.3 is 0 Å². The number of hydrogen-bond donors (Lipinski definition) is 1. The Kier molecular flexibility index (Phi) is 4.65. The number of aryl methyl sites for hydroxylation is 1. The van der Waals surface area contributed by atoms with Crippen molar-refractivity contribution < 1.29 is 17.6 Å². The lowest BCUT2D eigenvalue weighted by molar-refractivity contribution is 0.0991. The van der Waals surface area contributed by atoms with Crippen LogP contribution in [0.25, 0.3) is 0 Å². The van der Waals surface area contributed by atoms with Gasteiger partial charge in [0, 0.05) is 10.7 Å². The average Bonchev–Trinajstić information content (AvgIpc) is 3.10. The van der Waals surface area contributed by atoms with E-state index >= 15 is 0 Å². The molecule has 2 aromatic carbocycles. The summed E-state index contributed by atoms with van der Waals surface area (Å²) in [4.78, 5) is 12.4. The van der Waals surface area contributed by atoms with Crippen molar-refractivity contribution >= 4 is 33.0 Å². The normalized spacial score (nSPS) is 11.3. The second kappa shape index (κ2) is 6.74. The molecular weight excluding hydrogens is 362 g/mol. The molecule has 1 heterocycles. The van der Waals surface area contributed by atoms with Crippen molar-refractivity contribution in [2.75, 3.05) is 5.32 Å². The highest BCUT2D eigenvalue weighted by molar-refractivity contribution is 7.91. The second-order valence-electron chi connectivity index (χ2n) is 5.35. The lowest BCUT2D eigenvalue weighted by Gasteiger charge is -2.07. The number of benzene rings is 2. The van der Waals surface area contributed by atoms with Crippen molar-refractivity contribution in [1.29, 1.82) is 0 Å². The minimum atomic E-state index is -3.81. The third-order valence-electron chi connectivity index (χ3n) is 3.57. The molecule has 0 bridgehead atoms. The molecule has 5 nitrogen and oxygen atoms in total. The number of sulfone groups is 1. The van der Waals surface area contributed by atoms with Crippen LogP contribution in [0.15, 0.2) is 75.1 Å². The van der Waals surface area contributed by atoms with E-state index in [2.05, 4.69) is 5.32 Å². The zero-order chi connectivity index (χ0) is 18.0. The molecule has 0 aliphatic carbocycles. The first-order valence-corrected chi connectivity index (χ1v) is 9.21. The van der Waals surface area contributed by atoms with E-state index in [0.717, 1.165) is 5.56 Å². The second-order valence-corrected chi connectivity index (χ2v) is 7.67. The molecule has 0 unspecified atom stereocenters. The lowest BCUT2D eigenvalue weighted by atomic mass is 10.2. The van der Waals surface area contributed by atoms with E-state index in [0.29, 0.717) is 10.7 Å². The molecule has 0 spiro atoms. The minimum absolute atomic E-state index is 0.0991. The van der Waals surface area contributed by atoms with Gasteiger partial charge in [-0.3, -0.25) is 4.79 Å². The summed E-state index contributed by atoms with van der Waals surface area (Å²) in [6.45, 7) is 1.82. The molecule has 0 aliphatic rings. The Hall–Kier alpha value is -2.57. The zero-order valence-corrected chi connectivity index (χ0v) is 14.8. The van der Waals surface area contributed by atoms with Crippen LogP contribution >= 0.6 is 11.6 Å². The molecule has 3 aromatic rings. The van der Waals surface area contributed by atoms with Gasteiger partial charge in [-0.05, 0) is 48.9 Å². The van der Waals surface area contributed by atoms with Gasteiger partial charge in [0.05, 0.1) is 4.90 Å². The number of amides is 1. The summed E-state index contributed by atoms with van der Waals surface area (Å²) in [5.41, 5.74) is 1.35. The third-order valence-corrected chi connectivity index (χ3v) is 5.45. The molecule has 7 heteroatoms. The average molecular weight is 376 g/mol. The van der Waals surface area contributed by atoms with E-state index in [1.807, 2.05) is 6.92 Å². The maximum Gasteiger partial charge on any atom is 0.291 e. The van der Waals surface area contributed by atoms with Crippen LogP contribution < -0.4 is 5.32 Å². The molecule has 0 atom stereocenters. The SMILES string of the molecule is Cc1ccc(Cl)cc1NC(=O)c1ccc(S(=O)(=O)c2ccccc2)o1. The summed E-state index contributed by atoms with van der Waals surface area (Å²) >= 11 is 5.92. The Morgan fingerprint density at radius 1 is 1.04 bits per heavy atom. The van der Waals surface area contributed by atoms with Crippen LogP contribution in [0.4, 0.5) is 5.69 Å². The number of furan rings is 1. The van der Waals surface area contributed by atoms with Crippen molar-refractivity contribution in [3.05, 3.63) is 77.0 Å². The van der Waals surface area contributed by atoms with Crippen LogP contribution in [-0.4, -0.2) is 14.3 Å². The molecular formula is C18H14ClNO4S. The van der Waals surface area contributed by atoms with Crippen LogP contribution in [0.2, 0.25) is 5.02 Å². The van der Waals surface area contributed by atoms with Crippen LogP contribution in [-0.2, 0) is 9.84 Å². The first-order valence-electron chi connectivity index (χ1n) is 7.35. The van der Waals surface area contributed by atoms with Crippen molar-refractivity contribution in [3.63, 3.8) is 0 Å². The van der Waals surface area contributed by atoms with Crippen molar-refractivity contribution in [2.24, 2.45) is 0 Å². The number of nitrogens with one attached hydrogen (secondary N) is 1. The molecule has 0 saturated carbocycles. The fourth-order valence-electron chi connectivity index (χ4n) is 2.22. The van der Waals surface area contributed by atoms with E-state index in [9.17, 15) is 13.2 Å². The van der Waals surface area contributed by atoms with Crippen LogP contribution in [0.1, 0.15) is 16.1 Å². The van der Waals surface area contributed by atoms with Crippen LogP contribution in [0.5, 0.6) is 0 Å². The van der Waals surface area contributed by atoms with Gasteiger partial charge in [-0.25, -0.2) is 8.42 Å². The van der Waals surface area contributed by atoms with Crippen molar-refractivity contribution in [2.45, 2.75) is 16.9 Å². The van der Waals surface area contributed by atoms with Gasteiger partial charge in [0.2, 0.25) is 14.9 Å². The highest BCUT2D eigenvalue weighted by atomic mass is 35.5. The quantitative estimate of drug-likeness (QED) is 0.736. The minimum Gasteiger partial charge on any atom is -0.439 e. The van der Waals surface area contributed by atoms with E-state index in [1.54, 1.807) is 36.4 Å². The Morgan fingerprint density at radius 3 is 2.48 bits per heavy atom. The molecule has 1 amide bonds. The van der Waals surface area contributed by atoms with Gasteiger partial charge in [-0.1, -0.05) is 35.9 Å². The van der Waals surface area contributed by atoms with Crippen LogP contribution in [0.3, 0.4) is 0 Å². The van der Waals surface area contributed by atoms with E-state index in [1.165, 1.54) is 24.3 Å². The predicted octanol–water partition coefficient (Wildman–Crippen LogP) is 4.33. The fraction of sp³-hybridized carbons (Fsp3) is 0.0556. The molecule has 0 fully saturated rings. The highest BCUT2D eigenvalue weighted by Gasteiger charge is 2.23. The van der Waals surface area contributed by atoms with Gasteiger partial charge in [0.25, 0.3) is 5.91 Å². The number of halogens is 1. The summed E-state index contributed by atoms with van der Waals surface area (Å²) < 4.78 is 30.2. The van der Waals surface area contributed by atoms with Gasteiger partial charge in [0.1, 0.15) is 0 Å². The summed E-state index contributed by atoms with van der Waals surface area (Å²) in [6.07, 6.45) is 0. The monoisotopic (exact) mass is 375 g/mol. The molecule has 1 aromatic heterocycles. The predicted molar refractivity (Wildman–Crippen MR) is 94.7 cm³/mol. The van der Waals surface area contributed by atoms with Crippen LogP contribution in [0, 0.1) is 6.92 Å². The van der Waals surface area contributed by atoms with Gasteiger partial charge in [0.15, 0.2) is 5.76 Å². The molecule has 1 N–H and O–H groups in total. The first-order chi connectivity index (χ1) is 11.9. The molecule has 128 valence electrons. The molecule has 25 heavy (non-hydrogen) atoms. The number of anilines is 1. The van der Waals surface area contributed by atoms with Crippen molar-refractivity contribution in [3.8, 4) is 0 Å². The summed E-state index contributed by atoms with van der Waals surface area (Å²) in [6, 6.07) is 15.6. The maximum absolute atomic E-state index is 12.5. The Balaban J connectivity index is 1.86. The number of carbonyl (C=O) groups excluding carboxylic acids is 1. The zero-order valence-electron chi connectivity index (χ0n) is 13.2. The summed E-state index contributed by atoms with van der Waals surface area (Å²) in [5.74, 6) is -0.659. The number of hydrogen-bond acceptors (Lipinski definition) is 4. The molecule has 0 saturated heterocycles. The highest BCUT2D eigenvalue weighted by Crippen LogP contribution is 2.24. The molecule has 0 radical (unpaired) electrons. The number of rotatable bonds is 4. The Bertz CT molecular complexity index is 1030. The maximum atomic E-state index is 12.5. The fourth-order valence-corrected chi connectivity index (χ4v) is 3.58. The van der Waals surface area contributed by atoms with Gasteiger partial charge in [-0.2, -0.15) is 0 Å².